The fraction of sp³-hybridized carbons (Fsp3) is 0.400. The average Bonchev–Trinajstić information content (AvgIpc) is 2.28. The first-order valence-corrected chi connectivity index (χ1v) is 6.23. The molecule has 1 heterocycles. The van der Waals surface area contributed by atoms with Crippen molar-refractivity contribution in [3.8, 4) is 0 Å². The third-order valence-corrected chi connectivity index (χ3v) is 2.84. The van der Waals surface area contributed by atoms with Crippen LogP contribution in [0.2, 0.25) is 0 Å². The zero-order valence-electron chi connectivity index (χ0n) is 11.0. The molecule has 2 heteroatoms. The minimum atomic E-state index is 0.419. The Morgan fingerprint density at radius 3 is 2.53 bits per heavy atom. The molecule has 0 saturated heterocycles. The zero-order chi connectivity index (χ0) is 12.4. The maximum absolute atomic E-state index is 4.47. The molecule has 0 bridgehead atoms. The van der Waals surface area contributed by atoms with Crippen molar-refractivity contribution in [2.45, 2.75) is 39.7 Å². The van der Waals surface area contributed by atoms with Crippen molar-refractivity contribution in [3.05, 3.63) is 36.0 Å². The van der Waals surface area contributed by atoms with Crippen molar-refractivity contribution < 1.29 is 0 Å². The highest BCUT2D eigenvalue weighted by Gasteiger charge is 2.08. The predicted molar refractivity (Wildman–Crippen MR) is 74.6 cm³/mol. The molecule has 0 saturated carbocycles. The maximum atomic E-state index is 4.47. The Balaban J connectivity index is 2.60. The van der Waals surface area contributed by atoms with Crippen molar-refractivity contribution in [2.24, 2.45) is 0 Å². The van der Waals surface area contributed by atoms with Crippen molar-refractivity contribution >= 4 is 16.6 Å². The van der Waals surface area contributed by atoms with E-state index in [4.69, 9.17) is 0 Å². The lowest BCUT2D eigenvalue weighted by molar-refractivity contribution is 0.863. The van der Waals surface area contributed by atoms with Gasteiger partial charge in [-0.2, -0.15) is 0 Å². The number of fused-ring (bicyclic) bond motifs is 1. The van der Waals surface area contributed by atoms with Crippen LogP contribution in [0.1, 0.15) is 39.2 Å². The number of pyridine rings is 1. The molecule has 0 unspecified atom stereocenters. The highest BCUT2D eigenvalue weighted by atomic mass is 14.9. The molecular formula is C15H20N2. The Bertz CT molecular complexity index is 515. The summed E-state index contributed by atoms with van der Waals surface area (Å²) in [7, 11) is 0. The monoisotopic (exact) mass is 228 g/mol. The van der Waals surface area contributed by atoms with E-state index in [0.29, 0.717) is 12.0 Å². The van der Waals surface area contributed by atoms with Crippen LogP contribution in [0, 0.1) is 0 Å². The lowest BCUT2D eigenvalue weighted by Crippen LogP contribution is -2.10. The summed E-state index contributed by atoms with van der Waals surface area (Å²) in [5.41, 5.74) is 3.56. The molecule has 0 radical (unpaired) electrons. The SMILES string of the molecule is CC(C)Nc1cc(C(C)C)cc2cccnc12. The van der Waals surface area contributed by atoms with Gasteiger partial charge in [-0.25, -0.2) is 0 Å². The normalized spacial score (nSPS) is 11.4. The minimum Gasteiger partial charge on any atom is -0.381 e. The maximum Gasteiger partial charge on any atom is 0.0933 e. The summed E-state index contributed by atoms with van der Waals surface area (Å²) >= 11 is 0. The zero-order valence-corrected chi connectivity index (χ0v) is 11.0. The summed E-state index contributed by atoms with van der Waals surface area (Å²) in [5, 5.41) is 4.69. The van der Waals surface area contributed by atoms with Crippen LogP contribution < -0.4 is 5.32 Å². The minimum absolute atomic E-state index is 0.419. The van der Waals surface area contributed by atoms with E-state index in [1.807, 2.05) is 12.3 Å². The first kappa shape index (κ1) is 11.9. The molecule has 1 aromatic carbocycles. The van der Waals surface area contributed by atoms with Crippen LogP contribution in [0.5, 0.6) is 0 Å². The van der Waals surface area contributed by atoms with Crippen LogP contribution in [0.25, 0.3) is 10.9 Å². The first-order valence-electron chi connectivity index (χ1n) is 6.23. The Morgan fingerprint density at radius 2 is 1.88 bits per heavy atom. The van der Waals surface area contributed by atoms with Crippen LogP contribution in [0.3, 0.4) is 0 Å². The molecule has 1 aromatic heterocycles. The van der Waals surface area contributed by atoms with E-state index < -0.39 is 0 Å². The molecule has 2 aromatic rings. The number of hydrogen-bond acceptors (Lipinski definition) is 2. The third kappa shape index (κ3) is 2.57. The number of nitrogens with zero attached hydrogens (tertiary/aromatic N) is 1. The lowest BCUT2D eigenvalue weighted by atomic mass is 9.99. The van der Waals surface area contributed by atoms with E-state index in [1.54, 1.807) is 0 Å². The second-order valence-corrected chi connectivity index (χ2v) is 5.10. The fourth-order valence-electron chi connectivity index (χ4n) is 1.97. The van der Waals surface area contributed by atoms with Crippen molar-refractivity contribution in [1.82, 2.24) is 4.98 Å². The number of nitrogens with one attached hydrogen (secondary N) is 1. The van der Waals surface area contributed by atoms with E-state index >= 15 is 0 Å². The van der Waals surface area contributed by atoms with Crippen LogP contribution in [-0.4, -0.2) is 11.0 Å². The molecule has 0 aliphatic rings. The summed E-state index contributed by atoms with van der Waals surface area (Å²) in [6.45, 7) is 8.74. The summed E-state index contributed by atoms with van der Waals surface area (Å²) < 4.78 is 0. The number of anilines is 1. The molecule has 0 fully saturated rings. The second kappa shape index (κ2) is 4.74. The predicted octanol–water partition coefficient (Wildman–Crippen LogP) is 4.18. The summed E-state index contributed by atoms with van der Waals surface area (Å²) in [5.74, 6) is 0.535. The van der Waals surface area contributed by atoms with Gasteiger partial charge < -0.3 is 5.32 Å². The van der Waals surface area contributed by atoms with Gasteiger partial charge in [0.2, 0.25) is 0 Å². The fourth-order valence-corrected chi connectivity index (χ4v) is 1.97. The van der Waals surface area contributed by atoms with Crippen molar-refractivity contribution in [3.63, 3.8) is 0 Å². The number of rotatable bonds is 3. The largest absolute Gasteiger partial charge is 0.381 e. The van der Waals surface area contributed by atoms with E-state index in [-0.39, 0.29) is 0 Å². The van der Waals surface area contributed by atoms with Crippen LogP contribution >= 0.6 is 0 Å². The Morgan fingerprint density at radius 1 is 1.12 bits per heavy atom. The number of benzene rings is 1. The van der Waals surface area contributed by atoms with Crippen molar-refractivity contribution in [1.29, 1.82) is 0 Å². The van der Waals surface area contributed by atoms with E-state index in [9.17, 15) is 0 Å². The quantitative estimate of drug-likeness (QED) is 0.852. The first-order chi connectivity index (χ1) is 8.08. The molecule has 1 N–H and O–H groups in total. The second-order valence-electron chi connectivity index (χ2n) is 5.10. The Hall–Kier alpha value is -1.57. The van der Waals surface area contributed by atoms with Crippen LogP contribution in [0.15, 0.2) is 30.5 Å². The van der Waals surface area contributed by atoms with E-state index in [1.165, 1.54) is 10.9 Å². The highest BCUT2D eigenvalue weighted by Crippen LogP contribution is 2.27. The summed E-state index contributed by atoms with van der Waals surface area (Å²) in [6, 6.07) is 8.99. The van der Waals surface area contributed by atoms with Gasteiger partial charge in [-0.1, -0.05) is 19.9 Å². The van der Waals surface area contributed by atoms with Crippen LogP contribution in [-0.2, 0) is 0 Å². The van der Waals surface area contributed by atoms with Gasteiger partial charge in [0.25, 0.3) is 0 Å². The standard InChI is InChI=1S/C15H20N2/c1-10(2)13-8-12-6-5-7-16-15(12)14(9-13)17-11(3)4/h5-11,17H,1-4H3. The molecule has 0 spiro atoms. The third-order valence-electron chi connectivity index (χ3n) is 2.84. The number of aromatic nitrogens is 1. The van der Waals surface area contributed by atoms with Gasteiger partial charge in [0, 0.05) is 17.6 Å². The average molecular weight is 228 g/mol. The number of hydrogen-bond donors (Lipinski definition) is 1. The molecule has 2 nitrogen and oxygen atoms in total. The van der Waals surface area contributed by atoms with Gasteiger partial charge in [-0.05, 0) is 43.5 Å². The molecule has 0 amide bonds. The van der Waals surface area contributed by atoms with E-state index in [0.717, 1.165) is 11.2 Å². The summed E-state index contributed by atoms with van der Waals surface area (Å²) in [6.07, 6.45) is 1.85. The van der Waals surface area contributed by atoms with Crippen LogP contribution in [0.4, 0.5) is 5.69 Å². The molecule has 0 aliphatic carbocycles. The van der Waals surface area contributed by atoms with Gasteiger partial charge >= 0.3 is 0 Å². The molecule has 2 rings (SSSR count). The molecule has 0 aliphatic heterocycles. The summed E-state index contributed by atoms with van der Waals surface area (Å²) in [4.78, 5) is 4.47. The van der Waals surface area contributed by atoms with Gasteiger partial charge in [0.05, 0.1) is 11.2 Å². The molecule has 90 valence electrons. The van der Waals surface area contributed by atoms with Gasteiger partial charge in [0.1, 0.15) is 0 Å². The van der Waals surface area contributed by atoms with Crippen molar-refractivity contribution in [2.75, 3.05) is 5.32 Å². The van der Waals surface area contributed by atoms with E-state index in [2.05, 4.69) is 56.2 Å². The highest BCUT2D eigenvalue weighted by molar-refractivity contribution is 5.91. The molecular weight excluding hydrogens is 208 g/mol. The lowest BCUT2D eigenvalue weighted by Gasteiger charge is -2.15. The molecule has 17 heavy (non-hydrogen) atoms. The molecule has 0 atom stereocenters. The Kier molecular flexibility index (Phi) is 3.32. The Labute approximate surface area is 103 Å². The van der Waals surface area contributed by atoms with Gasteiger partial charge in [-0.15, -0.1) is 0 Å². The smallest absolute Gasteiger partial charge is 0.0933 e. The van der Waals surface area contributed by atoms with Gasteiger partial charge in [-0.3, -0.25) is 4.98 Å². The van der Waals surface area contributed by atoms with Gasteiger partial charge in [0.15, 0.2) is 0 Å². The topological polar surface area (TPSA) is 24.9 Å².